The maximum absolute atomic E-state index is 12.6. The van der Waals surface area contributed by atoms with Gasteiger partial charge in [-0.3, -0.25) is 14.5 Å². The largest absolute Gasteiger partial charge is 0.496 e. The summed E-state index contributed by atoms with van der Waals surface area (Å²) in [7, 11) is 3.33. The van der Waals surface area contributed by atoms with Crippen molar-refractivity contribution < 1.29 is 14.3 Å². The van der Waals surface area contributed by atoms with E-state index in [0.29, 0.717) is 6.54 Å². The molecule has 1 aliphatic heterocycles. The molecule has 0 radical (unpaired) electrons. The maximum atomic E-state index is 12.6. The SMILES string of the molecule is CCCNC(=O)CN(C)C(=O)CN1CCNCC1c1ccccc1OC.Cl. The highest BCUT2D eigenvalue weighted by molar-refractivity contribution is 5.85. The van der Waals surface area contributed by atoms with Crippen LogP contribution in [-0.4, -0.2) is 75.0 Å². The van der Waals surface area contributed by atoms with Gasteiger partial charge in [-0.1, -0.05) is 25.1 Å². The number of hydrogen-bond acceptors (Lipinski definition) is 5. The lowest BCUT2D eigenvalue weighted by Crippen LogP contribution is -2.50. The first-order valence-corrected chi connectivity index (χ1v) is 9.15. The van der Waals surface area contributed by atoms with Gasteiger partial charge in [-0.05, 0) is 12.5 Å². The molecule has 1 heterocycles. The number of amides is 2. The first kappa shape index (κ1) is 23.2. The summed E-state index contributed by atoms with van der Waals surface area (Å²) < 4.78 is 5.49. The van der Waals surface area contributed by atoms with Crippen LogP contribution < -0.4 is 15.4 Å². The molecule has 8 heteroatoms. The van der Waals surface area contributed by atoms with Crippen molar-refractivity contribution in [2.45, 2.75) is 19.4 Å². The fraction of sp³-hybridized carbons (Fsp3) is 0.579. The van der Waals surface area contributed by atoms with E-state index in [1.165, 1.54) is 4.90 Å². The zero-order chi connectivity index (χ0) is 18.9. The lowest BCUT2D eigenvalue weighted by atomic mass is 10.0. The average molecular weight is 399 g/mol. The highest BCUT2D eigenvalue weighted by Gasteiger charge is 2.28. The van der Waals surface area contributed by atoms with Gasteiger partial charge >= 0.3 is 0 Å². The predicted octanol–water partition coefficient (Wildman–Crippen LogP) is 1.05. The Balaban J connectivity index is 0.00000364. The number of methoxy groups -OCH3 is 1. The van der Waals surface area contributed by atoms with Gasteiger partial charge in [0.05, 0.1) is 26.2 Å². The minimum Gasteiger partial charge on any atom is -0.496 e. The summed E-state index contributed by atoms with van der Waals surface area (Å²) in [4.78, 5) is 28.1. The van der Waals surface area contributed by atoms with Crippen molar-refractivity contribution in [1.82, 2.24) is 20.4 Å². The van der Waals surface area contributed by atoms with Gasteiger partial charge in [-0.15, -0.1) is 12.4 Å². The Labute approximate surface area is 167 Å². The summed E-state index contributed by atoms with van der Waals surface area (Å²) in [5, 5.41) is 6.18. The number of nitrogens with one attached hydrogen (secondary N) is 2. The van der Waals surface area contributed by atoms with Crippen molar-refractivity contribution in [3.63, 3.8) is 0 Å². The number of ether oxygens (including phenoxy) is 1. The van der Waals surface area contributed by atoms with E-state index in [0.717, 1.165) is 37.4 Å². The fourth-order valence-electron chi connectivity index (χ4n) is 3.10. The maximum Gasteiger partial charge on any atom is 0.239 e. The molecule has 152 valence electrons. The third-order valence-corrected chi connectivity index (χ3v) is 4.57. The van der Waals surface area contributed by atoms with Crippen LogP contribution in [0.3, 0.4) is 0 Å². The van der Waals surface area contributed by atoms with E-state index in [2.05, 4.69) is 15.5 Å². The van der Waals surface area contributed by atoms with Crippen LogP contribution in [0.5, 0.6) is 5.75 Å². The summed E-state index contributed by atoms with van der Waals surface area (Å²) in [5.74, 6) is 0.647. The second-order valence-corrected chi connectivity index (χ2v) is 6.53. The van der Waals surface area contributed by atoms with E-state index in [9.17, 15) is 9.59 Å². The van der Waals surface area contributed by atoms with Gasteiger partial charge in [0.2, 0.25) is 11.8 Å². The molecule has 1 fully saturated rings. The number of halogens is 1. The zero-order valence-corrected chi connectivity index (χ0v) is 17.2. The number of carbonyl (C=O) groups is 2. The summed E-state index contributed by atoms with van der Waals surface area (Å²) in [6, 6.07) is 7.96. The van der Waals surface area contributed by atoms with Gasteiger partial charge in [0.15, 0.2) is 0 Å². The van der Waals surface area contributed by atoms with Crippen LogP contribution in [0.2, 0.25) is 0 Å². The Kier molecular flexibility index (Phi) is 10.1. The molecular weight excluding hydrogens is 368 g/mol. The first-order valence-electron chi connectivity index (χ1n) is 9.15. The molecule has 7 nitrogen and oxygen atoms in total. The number of likely N-dealkylation sites (N-methyl/N-ethyl adjacent to an activating group) is 1. The Bertz CT molecular complexity index is 614. The molecule has 0 spiro atoms. The highest BCUT2D eigenvalue weighted by atomic mass is 35.5. The minimum atomic E-state index is -0.121. The lowest BCUT2D eigenvalue weighted by Gasteiger charge is -2.37. The van der Waals surface area contributed by atoms with E-state index in [1.807, 2.05) is 31.2 Å². The van der Waals surface area contributed by atoms with Crippen LogP contribution in [-0.2, 0) is 9.59 Å². The minimum absolute atomic E-state index is 0. The Morgan fingerprint density at radius 3 is 2.81 bits per heavy atom. The average Bonchev–Trinajstić information content (AvgIpc) is 2.66. The van der Waals surface area contributed by atoms with Crippen LogP contribution in [0.1, 0.15) is 24.9 Å². The summed E-state index contributed by atoms with van der Waals surface area (Å²) >= 11 is 0. The number of piperazine rings is 1. The van der Waals surface area contributed by atoms with Gasteiger partial charge < -0.3 is 20.3 Å². The van der Waals surface area contributed by atoms with Gasteiger partial charge in [-0.25, -0.2) is 0 Å². The lowest BCUT2D eigenvalue weighted by molar-refractivity contribution is -0.136. The molecular formula is C19H31ClN4O3. The summed E-state index contributed by atoms with van der Waals surface area (Å²) in [6.45, 7) is 5.36. The van der Waals surface area contributed by atoms with E-state index in [1.54, 1.807) is 14.2 Å². The molecule has 27 heavy (non-hydrogen) atoms. The van der Waals surface area contributed by atoms with Gasteiger partial charge in [0.1, 0.15) is 5.75 Å². The van der Waals surface area contributed by atoms with Crippen molar-refractivity contribution in [3.05, 3.63) is 29.8 Å². The second kappa shape index (κ2) is 11.8. The smallest absolute Gasteiger partial charge is 0.239 e. The van der Waals surface area contributed by atoms with Crippen LogP contribution in [0.4, 0.5) is 0 Å². The molecule has 1 aromatic carbocycles. The van der Waals surface area contributed by atoms with E-state index < -0.39 is 0 Å². The molecule has 1 aromatic rings. The van der Waals surface area contributed by atoms with Crippen molar-refractivity contribution in [2.24, 2.45) is 0 Å². The third-order valence-electron chi connectivity index (χ3n) is 4.57. The fourth-order valence-corrected chi connectivity index (χ4v) is 3.10. The van der Waals surface area contributed by atoms with Crippen LogP contribution in [0.15, 0.2) is 24.3 Å². The highest BCUT2D eigenvalue weighted by Crippen LogP contribution is 2.29. The Hall–Kier alpha value is -1.83. The first-order chi connectivity index (χ1) is 12.6. The molecule has 0 bridgehead atoms. The molecule has 2 amide bonds. The topological polar surface area (TPSA) is 73.9 Å². The number of rotatable bonds is 8. The second-order valence-electron chi connectivity index (χ2n) is 6.53. The van der Waals surface area contributed by atoms with Crippen molar-refractivity contribution in [1.29, 1.82) is 0 Å². The van der Waals surface area contributed by atoms with Gasteiger partial charge in [0, 0.05) is 38.8 Å². The molecule has 1 saturated heterocycles. The number of hydrogen-bond donors (Lipinski definition) is 2. The Morgan fingerprint density at radius 2 is 2.11 bits per heavy atom. The van der Waals surface area contributed by atoms with Gasteiger partial charge in [0.25, 0.3) is 0 Å². The van der Waals surface area contributed by atoms with E-state index in [4.69, 9.17) is 4.74 Å². The van der Waals surface area contributed by atoms with Crippen molar-refractivity contribution in [2.75, 3.05) is 53.4 Å². The molecule has 2 N–H and O–H groups in total. The normalized spacial score (nSPS) is 16.9. The van der Waals surface area contributed by atoms with Crippen LogP contribution in [0.25, 0.3) is 0 Å². The summed E-state index contributed by atoms with van der Waals surface area (Å²) in [6.07, 6.45) is 0.880. The quantitative estimate of drug-likeness (QED) is 0.684. The molecule has 0 aromatic heterocycles. The zero-order valence-electron chi connectivity index (χ0n) is 16.4. The number of carbonyl (C=O) groups excluding carboxylic acids is 2. The predicted molar refractivity (Wildman–Crippen MR) is 108 cm³/mol. The Morgan fingerprint density at radius 1 is 1.37 bits per heavy atom. The molecule has 1 unspecified atom stereocenters. The van der Waals surface area contributed by atoms with Gasteiger partial charge in [-0.2, -0.15) is 0 Å². The van der Waals surface area contributed by atoms with Crippen molar-refractivity contribution in [3.8, 4) is 5.75 Å². The number of benzene rings is 1. The standard InChI is InChI=1S/C19H30N4O3.ClH/c1-4-9-21-18(24)13-22(2)19(25)14-23-11-10-20-12-16(23)15-7-5-6-8-17(15)26-3;/h5-8,16,20H,4,9-14H2,1-3H3,(H,21,24);1H. The number of nitrogens with zero attached hydrogens (tertiary/aromatic N) is 2. The molecule has 1 atom stereocenters. The van der Waals surface area contributed by atoms with Crippen LogP contribution >= 0.6 is 12.4 Å². The molecule has 0 saturated carbocycles. The van der Waals surface area contributed by atoms with Crippen molar-refractivity contribution >= 4 is 24.2 Å². The number of para-hydroxylation sites is 1. The summed E-state index contributed by atoms with van der Waals surface area (Å²) in [5.41, 5.74) is 1.07. The molecule has 2 rings (SSSR count). The monoisotopic (exact) mass is 398 g/mol. The molecule has 1 aliphatic rings. The third kappa shape index (κ3) is 6.68. The van der Waals surface area contributed by atoms with E-state index in [-0.39, 0.29) is 43.4 Å². The van der Waals surface area contributed by atoms with Crippen LogP contribution in [0, 0.1) is 0 Å². The van der Waals surface area contributed by atoms with E-state index >= 15 is 0 Å². The molecule has 0 aliphatic carbocycles.